The van der Waals surface area contributed by atoms with Gasteiger partial charge in [-0.15, -0.1) is 0 Å². The van der Waals surface area contributed by atoms with Crippen molar-refractivity contribution in [2.75, 3.05) is 7.11 Å². The van der Waals surface area contributed by atoms with Gasteiger partial charge in [0.1, 0.15) is 0 Å². The summed E-state index contributed by atoms with van der Waals surface area (Å²) in [7, 11) is -2.10. The highest BCUT2D eigenvalue weighted by atomic mass is 35.5. The lowest BCUT2D eigenvalue weighted by Gasteiger charge is -2.11. The van der Waals surface area contributed by atoms with Crippen LogP contribution in [0.1, 0.15) is 11.1 Å². The molecule has 1 N–H and O–H groups in total. The van der Waals surface area contributed by atoms with Gasteiger partial charge in [0.15, 0.2) is 0 Å². The summed E-state index contributed by atoms with van der Waals surface area (Å²) in [6.45, 7) is 0.576. The van der Waals surface area contributed by atoms with Gasteiger partial charge >= 0.3 is 0 Å². The SMILES string of the molecule is COCc1ccccc1CNS(=O)(=O)c1cc(Cl)cc(Cl)c1. The number of ether oxygens (including phenoxy) is 1. The molecule has 7 heteroatoms. The summed E-state index contributed by atoms with van der Waals surface area (Å²) in [6, 6.07) is 11.7. The van der Waals surface area contributed by atoms with E-state index in [0.717, 1.165) is 11.1 Å². The van der Waals surface area contributed by atoms with Crippen molar-refractivity contribution in [1.82, 2.24) is 4.72 Å². The Morgan fingerprint density at radius 1 is 1.05 bits per heavy atom. The smallest absolute Gasteiger partial charge is 0.240 e. The molecule has 2 aromatic carbocycles. The molecule has 0 fully saturated rings. The lowest BCUT2D eigenvalue weighted by atomic mass is 10.1. The predicted octanol–water partition coefficient (Wildman–Crippen LogP) is 3.62. The molecule has 22 heavy (non-hydrogen) atoms. The molecule has 4 nitrogen and oxygen atoms in total. The first kappa shape index (κ1) is 17.2. The summed E-state index contributed by atoms with van der Waals surface area (Å²) in [5, 5.41) is 0.542. The highest BCUT2D eigenvalue weighted by molar-refractivity contribution is 7.89. The molecular formula is C15H15Cl2NO3S. The van der Waals surface area contributed by atoms with Crippen LogP contribution in [-0.4, -0.2) is 15.5 Å². The van der Waals surface area contributed by atoms with E-state index in [1.807, 2.05) is 24.3 Å². The second-order valence-electron chi connectivity index (χ2n) is 4.63. The average molecular weight is 360 g/mol. The van der Waals surface area contributed by atoms with Crippen molar-refractivity contribution in [3.63, 3.8) is 0 Å². The molecule has 0 spiro atoms. The monoisotopic (exact) mass is 359 g/mol. The van der Waals surface area contributed by atoms with Gasteiger partial charge in [0, 0.05) is 23.7 Å². The van der Waals surface area contributed by atoms with Gasteiger partial charge in [-0.3, -0.25) is 0 Å². The largest absolute Gasteiger partial charge is 0.380 e. The third-order valence-corrected chi connectivity index (χ3v) is 4.83. The zero-order chi connectivity index (χ0) is 16.2. The topological polar surface area (TPSA) is 55.4 Å². The molecule has 0 aliphatic heterocycles. The van der Waals surface area contributed by atoms with Crippen LogP contribution in [0.25, 0.3) is 0 Å². The number of benzene rings is 2. The summed E-state index contributed by atoms with van der Waals surface area (Å²) in [6.07, 6.45) is 0. The van der Waals surface area contributed by atoms with E-state index in [4.69, 9.17) is 27.9 Å². The van der Waals surface area contributed by atoms with Crippen molar-refractivity contribution in [3.8, 4) is 0 Å². The first-order valence-electron chi connectivity index (χ1n) is 6.44. The normalized spacial score (nSPS) is 11.6. The minimum atomic E-state index is -3.69. The molecule has 0 amide bonds. The molecule has 0 aliphatic rings. The Morgan fingerprint density at radius 3 is 2.23 bits per heavy atom. The van der Waals surface area contributed by atoms with Gasteiger partial charge in [-0.05, 0) is 29.3 Å². The van der Waals surface area contributed by atoms with Gasteiger partial charge in [-0.1, -0.05) is 47.5 Å². The number of methoxy groups -OCH3 is 1. The number of hydrogen-bond acceptors (Lipinski definition) is 3. The van der Waals surface area contributed by atoms with Crippen molar-refractivity contribution in [2.45, 2.75) is 18.0 Å². The van der Waals surface area contributed by atoms with E-state index < -0.39 is 10.0 Å². The van der Waals surface area contributed by atoms with Crippen molar-refractivity contribution < 1.29 is 13.2 Å². The fourth-order valence-corrected chi connectivity index (χ4v) is 3.70. The zero-order valence-corrected chi connectivity index (χ0v) is 14.2. The highest BCUT2D eigenvalue weighted by Crippen LogP contribution is 2.22. The molecule has 118 valence electrons. The molecule has 0 saturated carbocycles. The molecule has 0 atom stereocenters. The number of halogens is 2. The van der Waals surface area contributed by atoms with Gasteiger partial charge in [-0.25, -0.2) is 13.1 Å². The van der Waals surface area contributed by atoms with Crippen LogP contribution in [0, 0.1) is 0 Å². The van der Waals surface area contributed by atoms with Crippen LogP contribution in [0.4, 0.5) is 0 Å². The zero-order valence-electron chi connectivity index (χ0n) is 11.8. The molecule has 0 heterocycles. The average Bonchev–Trinajstić information content (AvgIpc) is 2.46. The predicted molar refractivity (Wildman–Crippen MR) is 87.6 cm³/mol. The lowest BCUT2D eigenvalue weighted by Crippen LogP contribution is -2.24. The van der Waals surface area contributed by atoms with E-state index in [-0.39, 0.29) is 21.5 Å². The van der Waals surface area contributed by atoms with E-state index >= 15 is 0 Å². The molecule has 2 aromatic rings. The van der Waals surface area contributed by atoms with Crippen LogP contribution in [0.15, 0.2) is 47.4 Å². The third-order valence-electron chi connectivity index (χ3n) is 3.02. The Labute approximate surface area is 140 Å². The van der Waals surface area contributed by atoms with E-state index in [1.165, 1.54) is 18.2 Å². The first-order chi connectivity index (χ1) is 10.4. The summed E-state index contributed by atoms with van der Waals surface area (Å²) in [5.74, 6) is 0. The van der Waals surface area contributed by atoms with E-state index in [0.29, 0.717) is 6.61 Å². The minimum absolute atomic E-state index is 0.0363. The maximum absolute atomic E-state index is 12.3. The van der Waals surface area contributed by atoms with Crippen molar-refractivity contribution in [1.29, 1.82) is 0 Å². The van der Waals surface area contributed by atoms with Crippen molar-refractivity contribution in [2.24, 2.45) is 0 Å². The Bertz CT molecular complexity index is 743. The lowest BCUT2D eigenvalue weighted by molar-refractivity contribution is 0.184. The third kappa shape index (κ3) is 4.44. The minimum Gasteiger partial charge on any atom is -0.380 e. The molecule has 0 aliphatic carbocycles. The first-order valence-corrected chi connectivity index (χ1v) is 8.68. The van der Waals surface area contributed by atoms with Crippen LogP contribution in [0.3, 0.4) is 0 Å². The number of nitrogens with one attached hydrogen (secondary N) is 1. The second-order valence-corrected chi connectivity index (χ2v) is 7.27. The summed E-state index contributed by atoms with van der Waals surface area (Å²) in [4.78, 5) is 0.0363. The number of rotatable bonds is 6. The Hall–Kier alpha value is -1.11. The highest BCUT2D eigenvalue weighted by Gasteiger charge is 2.16. The molecule has 0 bridgehead atoms. The maximum atomic E-state index is 12.3. The van der Waals surface area contributed by atoms with Crippen molar-refractivity contribution >= 4 is 33.2 Å². The standard InChI is InChI=1S/C15H15Cl2NO3S/c1-21-10-12-5-3-2-4-11(12)9-18-22(19,20)15-7-13(16)6-14(17)8-15/h2-8,18H,9-10H2,1H3. The Morgan fingerprint density at radius 2 is 1.64 bits per heavy atom. The van der Waals surface area contributed by atoms with E-state index in [2.05, 4.69) is 4.72 Å². The molecule has 0 saturated heterocycles. The Kier molecular flexibility index (Phi) is 5.83. The summed E-state index contributed by atoms with van der Waals surface area (Å²) in [5.41, 5.74) is 1.78. The fraction of sp³-hybridized carbons (Fsp3) is 0.200. The van der Waals surface area contributed by atoms with E-state index in [1.54, 1.807) is 7.11 Å². The molecule has 0 radical (unpaired) electrons. The summed E-state index contributed by atoms with van der Waals surface area (Å²) < 4.78 is 32.3. The van der Waals surface area contributed by atoms with Gasteiger partial charge in [0.2, 0.25) is 10.0 Å². The number of sulfonamides is 1. The quantitative estimate of drug-likeness (QED) is 0.856. The second kappa shape index (κ2) is 7.44. The van der Waals surface area contributed by atoms with Crippen molar-refractivity contribution in [3.05, 3.63) is 63.6 Å². The number of hydrogen-bond donors (Lipinski definition) is 1. The van der Waals surface area contributed by atoms with Gasteiger partial charge in [0.05, 0.1) is 11.5 Å². The molecular weight excluding hydrogens is 345 g/mol. The molecule has 0 unspecified atom stereocenters. The molecule has 2 rings (SSSR count). The van der Waals surface area contributed by atoms with Crippen LogP contribution in [-0.2, 0) is 27.9 Å². The van der Waals surface area contributed by atoms with E-state index in [9.17, 15) is 8.42 Å². The molecule has 0 aromatic heterocycles. The Balaban J connectivity index is 2.20. The van der Waals surface area contributed by atoms with Gasteiger partial charge in [-0.2, -0.15) is 0 Å². The summed E-state index contributed by atoms with van der Waals surface area (Å²) >= 11 is 11.7. The van der Waals surface area contributed by atoms with Gasteiger partial charge in [0.25, 0.3) is 0 Å². The van der Waals surface area contributed by atoms with Crippen LogP contribution in [0.2, 0.25) is 10.0 Å². The van der Waals surface area contributed by atoms with Crippen LogP contribution >= 0.6 is 23.2 Å². The fourth-order valence-electron chi connectivity index (χ4n) is 1.97. The van der Waals surface area contributed by atoms with Crippen LogP contribution in [0.5, 0.6) is 0 Å². The maximum Gasteiger partial charge on any atom is 0.240 e. The van der Waals surface area contributed by atoms with Gasteiger partial charge < -0.3 is 4.74 Å². The van der Waals surface area contributed by atoms with Crippen LogP contribution < -0.4 is 4.72 Å².